The number of aromatic nitrogens is 2. The van der Waals surface area contributed by atoms with Crippen molar-refractivity contribution in [2.45, 2.75) is 12.5 Å². The number of benzene rings is 1. The average Bonchev–Trinajstić information content (AvgIpc) is 2.88. The van der Waals surface area contributed by atoms with Crippen molar-refractivity contribution >= 4 is 0 Å². The third-order valence-corrected chi connectivity index (χ3v) is 3.24. The number of hydrogen-bond donors (Lipinski definition) is 1. The predicted molar refractivity (Wildman–Crippen MR) is 68.6 cm³/mol. The van der Waals surface area contributed by atoms with Crippen LogP contribution in [0.4, 0.5) is 0 Å². The van der Waals surface area contributed by atoms with Gasteiger partial charge in [-0.1, -0.05) is 12.1 Å². The fraction of sp³-hybridized carbons (Fsp3) is 0.286. The topological polar surface area (TPSA) is 47.0 Å². The second kappa shape index (κ2) is 4.74. The molecule has 1 N–H and O–H groups in total. The summed E-state index contributed by atoms with van der Waals surface area (Å²) in [6.45, 7) is 0.788. The maximum Gasteiger partial charge on any atom is 0.122 e. The molecule has 0 spiro atoms. The van der Waals surface area contributed by atoms with E-state index in [4.69, 9.17) is 4.74 Å². The molecule has 1 aromatic heterocycles. The highest BCUT2D eigenvalue weighted by molar-refractivity contribution is 5.42. The van der Waals surface area contributed by atoms with Gasteiger partial charge in [0.2, 0.25) is 0 Å². The molecule has 2 heterocycles. The molecule has 0 bridgehead atoms. The predicted octanol–water partition coefficient (Wildman–Crippen LogP) is 1.72. The van der Waals surface area contributed by atoms with Crippen LogP contribution in [0.15, 0.2) is 36.8 Å². The molecule has 0 radical (unpaired) electrons. The molecule has 1 aliphatic heterocycles. The number of nitrogens with one attached hydrogen (secondary N) is 1. The second-order valence-corrected chi connectivity index (χ2v) is 4.32. The monoisotopic (exact) mass is 241 g/mol. The van der Waals surface area contributed by atoms with Crippen LogP contribution in [0.5, 0.6) is 5.75 Å². The van der Waals surface area contributed by atoms with Gasteiger partial charge in [-0.05, 0) is 30.3 Å². The summed E-state index contributed by atoms with van der Waals surface area (Å²) in [5.74, 6) is 1.01. The summed E-state index contributed by atoms with van der Waals surface area (Å²) in [6.07, 6.45) is 4.34. The molecule has 1 aliphatic rings. The van der Waals surface area contributed by atoms with Crippen LogP contribution in [0.2, 0.25) is 0 Å². The molecule has 2 aromatic rings. The minimum absolute atomic E-state index is 0.0962. The number of ether oxygens (including phenoxy) is 1. The standard InChI is InChI=1S/C14H15N3O/c1-15-14(12-4-6-16-9-17-12)11-2-3-13-10(8-11)5-7-18-13/h2-4,6,8-9,14-15H,5,7H2,1H3. The maximum atomic E-state index is 5.53. The molecule has 1 atom stereocenters. The summed E-state index contributed by atoms with van der Waals surface area (Å²) in [5, 5.41) is 3.29. The molecule has 0 fully saturated rings. The molecule has 0 saturated heterocycles. The average molecular weight is 241 g/mol. The van der Waals surface area contributed by atoms with Gasteiger partial charge in [0.05, 0.1) is 18.3 Å². The largest absolute Gasteiger partial charge is 0.493 e. The molecule has 18 heavy (non-hydrogen) atoms. The van der Waals surface area contributed by atoms with E-state index in [1.165, 1.54) is 11.1 Å². The van der Waals surface area contributed by atoms with Crippen LogP contribution < -0.4 is 10.1 Å². The smallest absolute Gasteiger partial charge is 0.122 e. The molecule has 4 heteroatoms. The van der Waals surface area contributed by atoms with Crippen molar-refractivity contribution in [3.63, 3.8) is 0 Å². The number of hydrogen-bond acceptors (Lipinski definition) is 4. The van der Waals surface area contributed by atoms with Crippen LogP contribution in [-0.4, -0.2) is 23.6 Å². The van der Waals surface area contributed by atoms with E-state index in [1.807, 2.05) is 19.2 Å². The van der Waals surface area contributed by atoms with Crippen molar-refractivity contribution in [3.05, 3.63) is 53.6 Å². The SMILES string of the molecule is CNC(c1ccc2c(c1)CCO2)c1ccncn1. The molecule has 1 aromatic carbocycles. The van der Waals surface area contributed by atoms with Crippen molar-refractivity contribution in [2.24, 2.45) is 0 Å². The zero-order valence-electron chi connectivity index (χ0n) is 10.3. The van der Waals surface area contributed by atoms with Gasteiger partial charge in [-0.25, -0.2) is 9.97 Å². The van der Waals surface area contributed by atoms with Crippen molar-refractivity contribution in [1.29, 1.82) is 0 Å². The summed E-state index contributed by atoms with van der Waals surface area (Å²) in [7, 11) is 1.94. The van der Waals surface area contributed by atoms with Crippen LogP contribution in [0.1, 0.15) is 22.9 Å². The van der Waals surface area contributed by atoms with E-state index in [2.05, 4.69) is 27.4 Å². The molecule has 4 nitrogen and oxygen atoms in total. The van der Waals surface area contributed by atoms with E-state index >= 15 is 0 Å². The Kier molecular flexibility index (Phi) is 2.94. The minimum atomic E-state index is 0.0962. The lowest BCUT2D eigenvalue weighted by atomic mass is 10.00. The molecular formula is C14H15N3O. The van der Waals surface area contributed by atoms with Crippen LogP contribution in [0.3, 0.4) is 0 Å². The first-order chi connectivity index (χ1) is 8.88. The summed E-state index contributed by atoms with van der Waals surface area (Å²) >= 11 is 0. The Labute approximate surface area is 106 Å². The third kappa shape index (κ3) is 1.95. The molecular weight excluding hydrogens is 226 g/mol. The zero-order chi connectivity index (χ0) is 12.4. The van der Waals surface area contributed by atoms with Crippen molar-refractivity contribution in [1.82, 2.24) is 15.3 Å². The number of rotatable bonds is 3. The number of fused-ring (bicyclic) bond motifs is 1. The molecule has 0 aliphatic carbocycles. The Hall–Kier alpha value is -1.94. The van der Waals surface area contributed by atoms with Crippen LogP contribution in [0, 0.1) is 0 Å². The second-order valence-electron chi connectivity index (χ2n) is 4.32. The Morgan fingerprint density at radius 2 is 2.28 bits per heavy atom. The van der Waals surface area contributed by atoms with Crippen LogP contribution in [0.25, 0.3) is 0 Å². The number of nitrogens with zero attached hydrogens (tertiary/aromatic N) is 2. The zero-order valence-corrected chi connectivity index (χ0v) is 10.3. The summed E-state index contributed by atoms with van der Waals surface area (Å²) < 4.78 is 5.53. The summed E-state index contributed by atoms with van der Waals surface area (Å²) in [6, 6.07) is 8.37. The molecule has 3 rings (SSSR count). The van der Waals surface area contributed by atoms with Crippen molar-refractivity contribution in [2.75, 3.05) is 13.7 Å². The lowest BCUT2D eigenvalue weighted by Crippen LogP contribution is -2.19. The Morgan fingerprint density at radius 3 is 3.06 bits per heavy atom. The summed E-state index contributed by atoms with van der Waals surface area (Å²) in [5.41, 5.74) is 3.47. The van der Waals surface area contributed by atoms with Gasteiger partial charge in [-0.15, -0.1) is 0 Å². The molecule has 1 unspecified atom stereocenters. The Morgan fingerprint density at radius 1 is 1.33 bits per heavy atom. The van der Waals surface area contributed by atoms with Crippen molar-refractivity contribution < 1.29 is 4.74 Å². The Balaban J connectivity index is 1.97. The van der Waals surface area contributed by atoms with E-state index in [-0.39, 0.29) is 6.04 Å². The Bertz CT molecular complexity index is 542. The van der Waals surface area contributed by atoms with Gasteiger partial charge in [0, 0.05) is 12.6 Å². The van der Waals surface area contributed by atoms with Gasteiger partial charge in [-0.2, -0.15) is 0 Å². The van der Waals surface area contributed by atoms with Crippen LogP contribution in [-0.2, 0) is 6.42 Å². The maximum absolute atomic E-state index is 5.53. The normalized spacial score (nSPS) is 14.9. The lowest BCUT2D eigenvalue weighted by Gasteiger charge is -2.16. The van der Waals surface area contributed by atoms with E-state index in [1.54, 1.807) is 12.5 Å². The van der Waals surface area contributed by atoms with Gasteiger partial charge >= 0.3 is 0 Å². The highest BCUT2D eigenvalue weighted by Gasteiger charge is 2.17. The van der Waals surface area contributed by atoms with Crippen molar-refractivity contribution in [3.8, 4) is 5.75 Å². The third-order valence-electron chi connectivity index (χ3n) is 3.24. The van der Waals surface area contributed by atoms with Gasteiger partial charge in [-0.3, -0.25) is 0 Å². The van der Waals surface area contributed by atoms with E-state index < -0.39 is 0 Å². The van der Waals surface area contributed by atoms with Crippen LogP contribution >= 0.6 is 0 Å². The van der Waals surface area contributed by atoms with Gasteiger partial charge in [0.25, 0.3) is 0 Å². The van der Waals surface area contributed by atoms with Gasteiger partial charge < -0.3 is 10.1 Å². The molecule has 0 amide bonds. The fourth-order valence-electron chi connectivity index (χ4n) is 2.34. The molecule has 92 valence electrons. The lowest BCUT2D eigenvalue weighted by molar-refractivity contribution is 0.357. The van der Waals surface area contributed by atoms with E-state index in [0.29, 0.717) is 0 Å². The fourth-order valence-corrected chi connectivity index (χ4v) is 2.34. The highest BCUT2D eigenvalue weighted by Crippen LogP contribution is 2.29. The first kappa shape index (κ1) is 11.2. The first-order valence-corrected chi connectivity index (χ1v) is 6.07. The minimum Gasteiger partial charge on any atom is -0.493 e. The first-order valence-electron chi connectivity index (χ1n) is 6.07. The van der Waals surface area contributed by atoms with Gasteiger partial charge in [0.15, 0.2) is 0 Å². The highest BCUT2D eigenvalue weighted by atomic mass is 16.5. The van der Waals surface area contributed by atoms with E-state index in [9.17, 15) is 0 Å². The quantitative estimate of drug-likeness (QED) is 0.888. The van der Waals surface area contributed by atoms with Gasteiger partial charge in [0.1, 0.15) is 12.1 Å². The molecule has 0 saturated carbocycles. The van der Waals surface area contributed by atoms with E-state index in [0.717, 1.165) is 24.5 Å². The summed E-state index contributed by atoms with van der Waals surface area (Å²) in [4.78, 5) is 8.27.